The molecule has 3 rings (SSSR count). The molecule has 0 N–H and O–H groups in total. The van der Waals surface area contributed by atoms with Crippen LogP contribution in [0.3, 0.4) is 0 Å². The van der Waals surface area contributed by atoms with Crippen molar-refractivity contribution in [3.8, 4) is 0 Å². The van der Waals surface area contributed by atoms with Crippen molar-refractivity contribution >= 4 is 31.9 Å². The summed E-state index contributed by atoms with van der Waals surface area (Å²) in [7, 11) is 0. The average Bonchev–Trinajstić information content (AvgIpc) is 2.84. The van der Waals surface area contributed by atoms with Crippen LogP contribution in [0.2, 0.25) is 0 Å². The third kappa shape index (κ3) is 11.7. The van der Waals surface area contributed by atoms with Crippen LogP contribution in [-0.4, -0.2) is 88.8 Å². The Morgan fingerprint density at radius 3 is 1.06 bits per heavy atom. The molecule has 0 aliphatic carbocycles. The monoisotopic (exact) mass is 598 g/mol. The van der Waals surface area contributed by atoms with E-state index < -0.39 is 0 Å². The molecule has 1 saturated heterocycles. The molecule has 1 fully saturated rings. The normalized spacial score (nSPS) is 19.4. The van der Waals surface area contributed by atoms with Gasteiger partial charge >= 0.3 is 0 Å². The summed E-state index contributed by atoms with van der Waals surface area (Å²) in [6.07, 6.45) is 0. The number of hydrogen-bond donors (Lipinski definition) is 0. The summed E-state index contributed by atoms with van der Waals surface area (Å²) in [4.78, 5) is 4.74. The zero-order valence-corrected chi connectivity index (χ0v) is 23.0. The molecule has 1 aliphatic rings. The van der Waals surface area contributed by atoms with Gasteiger partial charge in [0.1, 0.15) is 0 Å². The topological polar surface area (TPSA) is 43.4 Å². The standard InChI is InChI=1S/C26H36Br2N2O4/c27-25-5-1-23(2-6-25)21-29-9-13-31-17-19-33-15-11-30(12-16-34-20-18-32-14-10-29)22-24-3-7-26(28)8-4-24/h1-8H,9-22H2. The second kappa shape index (κ2) is 16.8. The van der Waals surface area contributed by atoms with Crippen LogP contribution in [0.15, 0.2) is 57.5 Å². The van der Waals surface area contributed by atoms with Gasteiger partial charge in [0.25, 0.3) is 0 Å². The lowest BCUT2D eigenvalue weighted by atomic mass is 10.2. The molecule has 1 heterocycles. The molecule has 34 heavy (non-hydrogen) atoms. The number of hydrogen-bond acceptors (Lipinski definition) is 6. The van der Waals surface area contributed by atoms with E-state index in [4.69, 9.17) is 18.9 Å². The Hall–Kier alpha value is -0.840. The van der Waals surface area contributed by atoms with Gasteiger partial charge in [-0.05, 0) is 35.4 Å². The highest BCUT2D eigenvalue weighted by atomic mass is 79.9. The van der Waals surface area contributed by atoms with Crippen molar-refractivity contribution < 1.29 is 18.9 Å². The summed E-state index contributed by atoms with van der Waals surface area (Å²) in [5.74, 6) is 0. The molecule has 0 atom stereocenters. The molecule has 0 aromatic heterocycles. The average molecular weight is 600 g/mol. The lowest BCUT2D eigenvalue weighted by Crippen LogP contribution is -2.32. The number of halogens is 2. The molecule has 6 nitrogen and oxygen atoms in total. The fourth-order valence-corrected chi connectivity index (χ4v) is 4.18. The molecule has 0 bridgehead atoms. The molecule has 0 amide bonds. The maximum absolute atomic E-state index is 5.85. The lowest BCUT2D eigenvalue weighted by Gasteiger charge is -2.24. The zero-order chi connectivity index (χ0) is 23.8. The molecular weight excluding hydrogens is 564 g/mol. The quantitative estimate of drug-likeness (QED) is 0.512. The zero-order valence-electron chi connectivity index (χ0n) is 19.8. The van der Waals surface area contributed by atoms with Gasteiger partial charge < -0.3 is 18.9 Å². The summed E-state index contributed by atoms with van der Waals surface area (Å²) in [6, 6.07) is 16.9. The van der Waals surface area contributed by atoms with Crippen LogP contribution in [0, 0.1) is 0 Å². The summed E-state index contributed by atoms with van der Waals surface area (Å²) in [5, 5.41) is 0. The maximum atomic E-state index is 5.85. The SMILES string of the molecule is Brc1ccc(CN2CCOCCOCCN(Cc3ccc(Br)cc3)CCOCCOCC2)cc1. The smallest absolute Gasteiger partial charge is 0.0701 e. The van der Waals surface area contributed by atoms with Crippen LogP contribution in [0.1, 0.15) is 11.1 Å². The summed E-state index contributed by atoms with van der Waals surface area (Å²) in [6.45, 7) is 10.3. The predicted octanol–water partition coefficient (Wildman–Crippen LogP) is 4.60. The van der Waals surface area contributed by atoms with E-state index in [0.717, 1.165) is 48.2 Å². The minimum Gasteiger partial charge on any atom is -0.378 e. The molecule has 2 aromatic carbocycles. The molecular formula is C26H36Br2N2O4. The van der Waals surface area contributed by atoms with E-state index >= 15 is 0 Å². The van der Waals surface area contributed by atoms with Gasteiger partial charge in [-0.25, -0.2) is 0 Å². The van der Waals surface area contributed by atoms with E-state index in [1.807, 2.05) is 0 Å². The second-order valence-electron chi connectivity index (χ2n) is 8.25. The van der Waals surface area contributed by atoms with Gasteiger partial charge in [-0.15, -0.1) is 0 Å². The third-order valence-electron chi connectivity index (χ3n) is 5.59. The van der Waals surface area contributed by atoms with E-state index in [0.29, 0.717) is 52.9 Å². The van der Waals surface area contributed by atoms with Crippen molar-refractivity contribution in [2.24, 2.45) is 0 Å². The molecule has 1 aliphatic heterocycles. The van der Waals surface area contributed by atoms with E-state index in [2.05, 4.69) is 90.2 Å². The Balaban J connectivity index is 1.44. The lowest BCUT2D eigenvalue weighted by molar-refractivity contribution is 0.00624. The van der Waals surface area contributed by atoms with Crippen LogP contribution in [0.4, 0.5) is 0 Å². The molecule has 8 heteroatoms. The fraction of sp³-hybridized carbons (Fsp3) is 0.538. The van der Waals surface area contributed by atoms with E-state index in [9.17, 15) is 0 Å². The van der Waals surface area contributed by atoms with Crippen molar-refractivity contribution in [2.75, 3.05) is 79.0 Å². The van der Waals surface area contributed by atoms with Gasteiger partial charge in [-0.1, -0.05) is 56.1 Å². The first kappa shape index (κ1) is 27.7. The molecule has 0 saturated carbocycles. The second-order valence-corrected chi connectivity index (χ2v) is 10.1. The Bertz CT molecular complexity index is 705. The Morgan fingerprint density at radius 1 is 0.471 bits per heavy atom. The Labute approximate surface area is 220 Å². The van der Waals surface area contributed by atoms with Gasteiger partial charge in [-0.3, -0.25) is 9.80 Å². The molecule has 2 aromatic rings. The number of benzene rings is 2. The van der Waals surface area contributed by atoms with Gasteiger partial charge in [-0.2, -0.15) is 0 Å². The Morgan fingerprint density at radius 2 is 0.765 bits per heavy atom. The summed E-state index contributed by atoms with van der Waals surface area (Å²) >= 11 is 7.01. The Kier molecular flexibility index (Phi) is 13.7. The summed E-state index contributed by atoms with van der Waals surface area (Å²) < 4.78 is 25.6. The highest BCUT2D eigenvalue weighted by Gasteiger charge is 2.09. The largest absolute Gasteiger partial charge is 0.378 e. The minimum atomic E-state index is 0.610. The van der Waals surface area contributed by atoms with Gasteiger partial charge in [0, 0.05) is 48.2 Å². The van der Waals surface area contributed by atoms with E-state index in [1.165, 1.54) is 11.1 Å². The first-order valence-electron chi connectivity index (χ1n) is 11.9. The van der Waals surface area contributed by atoms with Gasteiger partial charge in [0.15, 0.2) is 0 Å². The van der Waals surface area contributed by atoms with E-state index in [1.54, 1.807) is 0 Å². The van der Waals surface area contributed by atoms with Gasteiger partial charge in [0.05, 0.1) is 52.9 Å². The minimum absolute atomic E-state index is 0.610. The van der Waals surface area contributed by atoms with Crippen molar-refractivity contribution in [2.45, 2.75) is 13.1 Å². The van der Waals surface area contributed by atoms with Gasteiger partial charge in [0.2, 0.25) is 0 Å². The molecule has 0 unspecified atom stereocenters. The van der Waals surface area contributed by atoms with E-state index in [-0.39, 0.29) is 0 Å². The number of ether oxygens (including phenoxy) is 4. The third-order valence-corrected chi connectivity index (χ3v) is 6.65. The molecule has 188 valence electrons. The first-order chi connectivity index (χ1) is 16.7. The highest BCUT2D eigenvalue weighted by Crippen LogP contribution is 2.13. The fourth-order valence-electron chi connectivity index (χ4n) is 3.65. The first-order valence-corrected chi connectivity index (χ1v) is 13.5. The summed E-state index contributed by atoms with van der Waals surface area (Å²) in [5.41, 5.74) is 2.56. The molecule has 0 radical (unpaired) electrons. The number of rotatable bonds is 4. The number of nitrogens with zero attached hydrogens (tertiary/aromatic N) is 2. The molecule has 0 spiro atoms. The van der Waals surface area contributed by atoms with Crippen LogP contribution in [0.5, 0.6) is 0 Å². The van der Waals surface area contributed by atoms with Crippen LogP contribution < -0.4 is 0 Å². The van der Waals surface area contributed by atoms with Crippen LogP contribution >= 0.6 is 31.9 Å². The maximum Gasteiger partial charge on any atom is 0.0701 e. The van der Waals surface area contributed by atoms with Crippen LogP contribution in [0.25, 0.3) is 0 Å². The van der Waals surface area contributed by atoms with Crippen molar-refractivity contribution in [1.82, 2.24) is 9.80 Å². The predicted molar refractivity (Wildman–Crippen MR) is 142 cm³/mol. The van der Waals surface area contributed by atoms with Crippen LogP contribution in [-0.2, 0) is 32.0 Å². The highest BCUT2D eigenvalue weighted by molar-refractivity contribution is 9.10. The van der Waals surface area contributed by atoms with Crippen molar-refractivity contribution in [3.05, 3.63) is 68.6 Å². The van der Waals surface area contributed by atoms with Crippen molar-refractivity contribution in [3.63, 3.8) is 0 Å². The van der Waals surface area contributed by atoms with Crippen molar-refractivity contribution in [1.29, 1.82) is 0 Å².